The Morgan fingerprint density at radius 1 is 0.600 bits per heavy atom. The van der Waals surface area contributed by atoms with Crippen molar-refractivity contribution in [2.75, 3.05) is 0 Å². The largest absolute Gasteiger partial charge is 0.0887 e. The Hall–Kier alpha value is -1.04. The molecule has 0 fully saturated rings. The van der Waals surface area contributed by atoms with Gasteiger partial charge in [-0.1, -0.05) is 46.6 Å². The number of allylic oxidation sites excluding steroid dienone is 8. The topological polar surface area (TPSA) is 0 Å². The summed E-state index contributed by atoms with van der Waals surface area (Å²) in [5.41, 5.74) is 5.97. The van der Waals surface area contributed by atoms with Gasteiger partial charge in [0.05, 0.1) is 0 Å². The fourth-order valence-electron chi connectivity index (χ4n) is 2.03. The zero-order chi connectivity index (χ0) is 15.4. The quantitative estimate of drug-likeness (QED) is 0.391. The highest BCUT2D eigenvalue weighted by molar-refractivity contribution is 5.06. The monoisotopic (exact) mass is 274 g/mol. The minimum Gasteiger partial charge on any atom is -0.0887 e. The first kappa shape index (κ1) is 19.0. The van der Waals surface area contributed by atoms with E-state index in [1.54, 1.807) is 0 Å². The van der Waals surface area contributed by atoms with E-state index in [-0.39, 0.29) is 0 Å². The molecule has 0 aromatic carbocycles. The van der Waals surface area contributed by atoms with E-state index in [4.69, 9.17) is 0 Å². The summed E-state index contributed by atoms with van der Waals surface area (Å²) in [6, 6.07) is 0. The summed E-state index contributed by atoms with van der Waals surface area (Å²) in [7, 11) is 0. The first-order valence-corrected chi connectivity index (χ1v) is 8.02. The Kier molecular flexibility index (Phi) is 11.1. The number of hydrogen-bond donors (Lipinski definition) is 0. The SMILES string of the molecule is C/C=C(/C)CC/C=C(\C)CC/C=C(\C)CCC=C(C)C. The molecule has 114 valence electrons. The molecule has 0 rings (SSSR count). The third-order valence-electron chi connectivity index (χ3n) is 3.65. The molecule has 0 aliphatic rings. The van der Waals surface area contributed by atoms with Gasteiger partial charge in [-0.15, -0.1) is 0 Å². The Bertz CT molecular complexity index is 371. The van der Waals surface area contributed by atoms with Gasteiger partial charge in [-0.05, 0) is 80.1 Å². The van der Waals surface area contributed by atoms with E-state index in [0.717, 1.165) is 0 Å². The normalized spacial score (nSPS) is 13.6. The molecular weight excluding hydrogens is 240 g/mol. The van der Waals surface area contributed by atoms with Crippen molar-refractivity contribution in [3.63, 3.8) is 0 Å². The van der Waals surface area contributed by atoms with Gasteiger partial charge in [-0.3, -0.25) is 0 Å². The summed E-state index contributed by atoms with van der Waals surface area (Å²) in [4.78, 5) is 0. The highest BCUT2D eigenvalue weighted by Crippen LogP contribution is 2.13. The van der Waals surface area contributed by atoms with Crippen molar-refractivity contribution in [3.8, 4) is 0 Å². The van der Waals surface area contributed by atoms with Crippen molar-refractivity contribution in [3.05, 3.63) is 46.6 Å². The summed E-state index contributed by atoms with van der Waals surface area (Å²) in [5.74, 6) is 0. The molecule has 0 bridgehead atoms. The van der Waals surface area contributed by atoms with Crippen molar-refractivity contribution in [2.24, 2.45) is 0 Å². The van der Waals surface area contributed by atoms with Crippen LogP contribution in [-0.4, -0.2) is 0 Å². The summed E-state index contributed by atoms with van der Waals surface area (Å²) in [6.45, 7) is 13.2. The summed E-state index contributed by atoms with van der Waals surface area (Å²) >= 11 is 0. The van der Waals surface area contributed by atoms with E-state index in [2.05, 4.69) is 65.8 Å². The van der Waals surface area contributed by atoms with Crippen molar-refractivity contribution in [1.29, 1.82) is 0 Å². The average Bonchev–Trinajstić information content (AvgIpc) is 2.38. The molecule has 0 saturated carbocycles. The predicted molar refractivity (Wildman–Crippen MR) is 94.1 cm³/mol. The van der Waals surface area contributed by atoms with E-state index in [1.165, 1.54) is 60.8 Å². The van der Waals surface area contributed by atoms with E-state index in [9.17, 15) is 0 Å². The maximum Gasteiger partial charge on any atom is -0.0288 e. The van der Waals surface area contributed by atoms with Crippen LogP contribution in [0.1, 0.15) is 80.1 Å². The Balaban J connectivity index is 3.91. The minimum atomic E-state index is 1.18. The van der Waals surface area contributed by atoms with E-state index in [0.29, 0.717) is 0 Å². The van der Waals surface area contributed by atoms with Crippen molar-refractivity contribution < 1.29 is 0 Å². The fourth-order valence-corrected chi connectivity index (χ4v) is 2.03. The Morgan fingerprint density at radius 3 is 1.40 bits per heavy atom. The second kappa shape index (κ2) is 11.8. The molecule has 0 aromatic rings. The van der Waals surface area contributed by atoms with Gasteiger partial charge in [0.15, 0.2) is 0 Å². The van der Waals surface area contributed by atoms with Gasteiger partial charge in [0.1, 0.15) is 0 Å². The second-order valence-electron chi connectivity index (χ2n) is 6.13. The highest BCUT2D eigenvalue weighted by atomic mass is 14.0. The van der Waals surface area contributed by atoms with Gasteiger partial charge in [0, 0.05) is 0 Å². The van der Waals surface area contributed by atoms with Crippen LogP contribution in [0.15, 0.2) is 46.6 Å². The molecular formula is C20H34. The molecule has 0 aliphatic carbocycles. The lowest BCUT2D eigenvalue weighted by Crippen LogP contribution is -1.82. The number of hydrogen-bond acceptors (Lipinski definition) is 0. The molecule has 20 heavy (non-hydrogen) atoms. The average molecular weight is 274 g/mol. The van der Waals surface area contributed by atoms with Gasteiger partial charge in [0.25, 0.3) is 0 Å². The van der Waals surface area contributed by atoms with Gasteiger partial charge in [0.2, 0.25) is 0 Å². The minimum absolute atomic E-state index is 1.18. The maximum absolute atomic E-state index is 2.41. The molecule has 0 amide bonds. The molecule has 0 saturated heterocycles. The molecule has 0 radical (unpaired) electrons. The standard InChI is InChI=1S/C20H34/c1-7-18(4)12-9-14-20(6)16-10-15-19(5)13-8-11-17(2)3/h7,11,14-15H,8-10,12-13,16H2,1-6H3/b18-7-,19-15+,20-14+. The molecule has 0 heteroatoms. The predicted octanol–water partition coefficient (Wildman–Crippen LogP) is 7.15. The maximum atomic E-state index is 2.41. The third-order valence-corrected chi connectivity index (χ3v) is 3.65. The van der Waals surface area contributed by atoms with Crippen LogP contribution in [0, 0.1) is 0 Å². The van der Waals surface area contributed by atoms with Crippen LogP contribution in [-0.2, 0) is 0 Å². The van der Waals surface area contributed by atoms with Crippen LogP contribution in [0.4, 0.5) is 0 Å². The summed E-state index contributed by atoms with van der Waals surface area (Å²) in [6.07, 6.45) is 16.5. The molecule has 0 N–H and O–H groups in total. The fraction of sp³-hybridized carbons (Fsp3) is 0.600. The van der Waals surface area contributed by atoms with Crippen molar-refractivity contribution in [1.82, 2.24) is 0 Å². The van der Waals surface area contributed by atoms with E-state index >= 15 is 0 Å². The summed E-state index contributed by atoms with van der Waals surface area (Å²) < 4.78 is 0. The Labute approximate surface area is 127 Å². The number of rotatable bonds is 9. The first-order chi connectivity index (χ1) is 9.45. The lowest BCUT2D eigenvalue weighted by Gasteiger charge is -2.02. The highest BCUT2D eigenvalue weighted by Gasteiger charge is 1.92. The Morgan fingerprint density at radius 2 is 1.00 bits per heavy atom. The van der Waals surface area contributed by atoms with Crippen LogP contribution < -0.4 is 0 Å². The van der Waals surface area contributed by atoms with Gasteiger partial charge in [-0.2, -0.15) is 0 Å². The molecule has 0 aromatic heterocycles. The second-order valence-corrected chi connectivity index (χ2v) is 6.13. The van der Waals surface area contributed by atoms with E-state index in [1.807, 2.05) is 0 Å². The molecule has 0 spiro atoms. The van der Waals surface area contributed by atoms with Crippen molar-refractivity contribution in [2.45, 2.75) is 80.1 Å². The smallest absolute Gasteiger partial charge is 0.0288 e. The van der Waals surface area contributed by atoms with Crippen LogP contribution in [0.25, 0.3) is 0 Å². The lowest BCUT2D eigenvalue weighted by atomic mass is 10.0. The molecule has 0 unspecified atom stereocenters. The van der Waals surface area contributed by atoms with Crippen LogP contribution >= 0.6 is 0 Å². The van der Waals surface area contributed by atoms with Crippen LogP contribution in [0.5, 0.6) is 0 Å². The van der Waals surface area contributed by atoms with Gasteiger partial charge in [-0.25, -0.2) is 0 Å². The van der Waals surface area contributed by atoms with Gasteiger partial charge >= 0.3 is 0 Å². The first-order valence-electron chi connectivity index (χ1n) is 8.02. The van der Waals surface area contributed by atoms with Gasteiger partial charge < -0.3 is 0 Å². The summed E-state index contributed by atoms with van der Waals surface area (Å²) in [5, 5.41) is 0. The van der Waals surface area contributed by atoms with Crippen molar-refractivity contribution >= 4 is 0 Å². The van der Waals surface area contributed by atoms with Crippen LogP contribution in [0.2, 0.25) is 0 Å². The zero-order valence-corrected chi connectivity index (χ0v) is 14.6. The van der Waals surface area contributed by atoms with E-state index < -0.39 is 0 Å². The van der Waals surface area contributed by atoms with Crippen LogP contribution in [0.3, 0.4) is 0 Å². The molecule has 0 aliphatic heterocycles. The zero-order valence-electron chi connectivity index (χ0n) is 14.6. The molecule has 0 heterocycles. The molecule has 0 nitrogen and oxygen atoms in total. The third kappa shape index (κ3) is 12.0. The lowest BCUT2D eigenvalue weighted by molar-refractivity contribution is 0.899. The molecule has 0 atom stereocenters.